The summed E-state index contributed by atoms with van der Waals surface area (Å²) in [6.45, 7) is 0. The maximum Gasteiger partial charge on any atom is 0.219 e. The highest BCUT2D eigenvalue weighted by Gasteiger charge is 2.15. The highest BCUT2D eigenvalue weighted by molar-refractivity contribution is 6.35. The molecular formula is C15H10Cl2N2O. The standard InChI is InChI=1S/C15H10Cl2N2O/c1-19-6-2-3-14(19)15(20)11(9-18)7-10-4-5-12(16)8-13(10)17/h2-8H,1H3/b11-7+. The lowest BCUT2D eigenvalue weighted by atomic mass is 10.1. The smallest absolute Gasteiger partial charge is 0.219 e. The molecule has 0 saturated carbocycles. The first kappa shape index (κ1) is 14.4. The molecule has 0 aliphatic carbocycles. The van der Waals surface area contributed by atoms with E-state index < -0.39 is 0 Å². The number of nitriles is 1. The van der Waals surface area contributed by atoms with E-state index in [4.69, 9.17) is 23.2 Å². The third kappa shape index (κ3) is 2.93. The minimum absolute atomic E-state index is 0.0241. The Hall–Kier alpha value is -2.02. The number of nitrogens with zero attached hydrogens (tertiary/aromatic N) is 2. The van der Waals surface area contributed by atoms with Crippen molar-refractivity contribution in [2.45, 2.75) is 0 Å². The van der Waals surface area contributed by atoms with E-state index in [-0.39, 0.29) is 11.4 Å². The second kappa shape index (κ2) is 5.96. The van der Waals surface area contributed by atoms with Gasteiger partial charge in [0.15, 0.2) is 0 Å². The molecule has 0 amide bonds. The Bertz CT molecular complexity index is 739. The summed E-state index contributed by atoms with van der Waals surface area (Å²) in [7, 11) is 1.75. The molecule has 5 heteroatoms. The summed E-state index contributed by atoms with van der Waals surface area (Å²) in [6.07, 6.45) is 3.21. The summed E-state index contributed by atoms with van der Waals surface area (Å²) in [4.78, 5) is 12.3. The van der Waals surface area contributed by atoms with Crippen molar-refractivity contribution in [2.24, 2.45) is 7.05 Å². The Kier molecular flexibility index (Phi) is 4.29. The first-order valence-electron chi connectivity index (χ1n) is 5.76. The molecule has 0 unspecified atom stereocenters. The highest BCUT2D eigenvalue weighted by atomic mass is 35.5. The first-order chi connectivity index (χ1) is 9.52. The van der Waals surface area contributed by atoms with Gasteiger partial charge in [-0.2, -0.15) is 5.26 Å². The van der Waals surface area contributed by atoms with Gasteiger partial charge in [0.25, 0.3) is 0 Å². The van der Waals surface area contributed by atoms with Crippen LogP contribution >= 0.6 is 23.2 Å². The Morgan fingerprint density at radius 3 is 2.65 bits per heavy atom. The van der Waals surface area contributed by atoms with Gasteiger partial charge in [0, 0.05) is 23.3 Å². The minimum atomic E-state index is -0.342. The fraction of sp³-hybridized carbons (Fsp3) is 0.0667. The molecule has 0 spiro atoms. The number of rotatable bonds is 3. The van der Waals surface area contributed by atoms with E-state index in [2.05, 4.69) is 0 Å². The molecule has 0 radical (unpaired) electrons. The Morgan fingerprint density at radius 2 is 2.10 bits per heavy atom. The van der Waals surface area contributed by atoms with Crippen LogP contribution in [0.1, 0.15) is 16.1 Å². The number of benzene rings is 1. The largest absolute Gasteiger partial charge is 0.348 e. The van der Waals surface area contributed by atoms with Gasteiger partial charge in [-0.1, -0.05) is 29.3 Å². The topological polar surface area (TPSA) is 45.8 Å². The molecular weight excluding hydrogens is 295 g/mol. The number of hydrogen-bond acceptors (Lipinski definition) is 2. The van der Waals surface area contributed by atoms with Crippen molar-refractivity contribution in [2.75, 3.05) is 0 Å². The number of halogens is 2. The molecule has 1 aromatic carbocycles. The van der Waals surface area contributed by atoms with E-state index in [0.717, 1.165) is 0 Å². The summed E-state index contributed by atoms with van der Waals surface area (Å²) in [5.41, 5.74) is 1.05. The molecule has 0 saturated heterocycles. The SMILES string of the molecule is Cn1cccc1C(=O)/C(C#N)=C/c1ccc(Cl)cc1Cl. The second-order valence-electron chi connectivity index (χ2n) is 4.17. The van der Waals surface area contributed by atoms with Crippen LogP contribution in [0.15, 0.2) is 42.1 Å². The molecule has 0 bridgehead atoms. The van der Waals surface area contributed by atoms with Crippen LogP contribution in [0.25, 0.3) is 6.08 Å². The molecule has 20 heavy (non-hydrogen) atoms. The number of aryl methyl sites for hydroxylation is 1. The molecule has 0 N–H and O–H groups in total. The van der Waals surface area contributed by atoms with Crippen LogP contribution in [0, 0.1) is 11.3 Å². The van der Waals surface area contributed by atoms with E-state index in [1.807, 2.05) is 6.07 Å². The van der Waals surface area contributed by atoms with E-state index in [1.165, 1.54) is 6.08 Å². The number of aromatic nitrogens is 1. The van der Waals surface area contributed by atoms with Crippen LogP contribution in [0.3, 0.4) is 0 Å². The molecule has 2 rings (SSSR count). The maximum atomic E-state index is 12.3. The molecule has 3 nitrogen and oxygen atoms in total. The molecule has 1 aromatic heterocycles. The Balaban J connectivity index is 2.43. The monoisotopic (exact) mass is 304 g/mol. The van der Waals surface area contributed by atoms with Crippen molar-refractivity contribution in [3.05, 3.63) is 63.4 Å². The minimum Gasteiger partial charge on any atom is -0.348 e. The fourth-order valence-corrected chi connectivity index (χ4v) is 2.22. The van der Waals surface area contributed by atoms with Crippen molar-refractivity contribution < 1.29 is 4.79 Å². The maximum absolute atomic E-state index is 12.3. The molecule has 0 atom stereocenters. The van der Waals surface area contributed by atoms with Gasteiger partial charge >= 0.3 is 0 Å². The zero-order valence-electron chi connectivity index (χ0n) is 10.6. The Labute approximate surface area is 126 Å². The van der Waals surface area contributed by atoms with E-state index in [1.54, 1.807) is 48.1 Å². The van der Waals surface area contributed by atoms with Gasteiger partial charge in [0.05, 0.1) is 5.69 Å². The van der Waals surface area contributed by atoms with Crippen molar-refractivity contribution >= 4 is 35.1 Å². The van der Waals surface area contributed by atoms with Crippen molar-refractivity contribution in [3.8, 4) is 6.07 Å². The number of carbonyl (C=O) groups excluding carboxylic acids is 1. The zero-order chi connectivity index (χ0) is 14.7. The number of carbonyl (C=O) groups is 1. The van der Waals surface area contributed by atoms with Crippen LogP contribution in [-0.4, -0.2) is 10.4 Å². The van der Waals surface area contributed by atoms with E-state index in [0.29, 0.717) is 21.3 Å². The summed E-state index contributed by atoms with van der Waals surface area (Å²) < 4.78 is 1.66. The van der Waals surface area contributed by atoms with Gasteiger partial charge in [0.2, 0.25) is 5.78 Å². The highest BCUT2D eigenvalue weighted by Crippen LogP contribution is 2.23. The van der Waals surface area contributed by atoms with Crippen LogP contribution in [0.5, 0.6) is 0 Å². The summed E-state index contributed by atoms with van der Waals surface area (Å²) >= 11 is 11.8. The molecule has 100 valence electrons. The van der Waals surface area contributed by atoms with Crippen molar-refractivity contribution in [1.82, 2.24) is 4.57 Å². The summed E-state index contributed by atoms with van der Waals surface area (Å²) in [5.74, 6) is -0.342. The average Bonchev–Trinajstić information content (AvgIpc) is 2.83. The first-order valence-corrected chi connectivity index (χ1v) is 6.51. The Morgan fingerprint density at radius 1 is 1.35 bits per heavy atom. The van der Waals surface area contributed by atoms with Crippen molar-refractivity contribution in [3.63, 3.8) is 0 Å². The van der Waals surface area contributed by atoms with Crippen LogP contribution in [-0.2, 0) is 7.05 Å². The van der Waals surface area contributed by atoms with Gasteiger partial charge in [-0.05, 0) is 35.9 Å². The lowest BCUT2D eigenvalue weighted by Gasteiger charge is -2.03. The van der Waals surface area contributed by atoms with Crippen LogP contribution < -0.4 is 0 Å². The van der Waals surface area contributed by atoms with Crippen LogP contribution in [0.2, 0.25) is 10.0 Å². The van der Waals surface area contributed by atoms with Gasteiger partial charge in [0.1, 0.15) is 11.6 Å². The third-order valence-corrected chi connectivity index (χ3v) is 3.37. The van der Waals surface area contributed by atoms with E-state index >= 15 is 0 Å². The van der Waals surface area contributed by atoms with Gasteiger partial charge in [-0.3, -0.25) is 4.79 Å². The zero-order valence-corrected chi connectivity index (χ0v) is 12.1. The molecule has 0 aliphatic rings. The predicted molar refractivity (Wildman–Crippen MR) is 79.8 cm³/mol. The molecule has 0 aliphatic heterocycles. The number of ketones is 1. The molecule has 0 fully saturated rings. The summed E-state index contributed by atoms with van der Waals surface area (Å²) in [5, 5.41) is 10.1. The van der Waals surface area contributed by atoms with E-state index in [9.17, 15) is 10.1 Å². The quantitative estimate of drug-likeness (QED) is 0.486. The summed E-state index contributed by atoms with van der Waals surface area (Å²) in [6, 6.07) is 10.2. The second-order valence-corrected chi connectivity index (χ2v) is 5.01. The van der Waals surface area contributed by atoms with Gasteiger partial charge < -0.3 is 4.57 Å². The average molecular weight is 305 g/mol. The van der Waals surface area contributed by atoms with Gasteiger partial charge in [-0.25, -0.2) is 0 Å². The lowest BCUT2D eigenvalue weighted by molar-refractivity contribution is 0.103. The molecule has 1 heterocycles. The lowest BCUT2D eigenvalue weighted by Crippen LogP contribution is -2.07. The normalized spacial score (nSPS) is 11.2. The van der Waals surface area contributed by atoms with Crippen LogP contribution in [0.4, 0.5) is 0 Å². The van der Waals surface area contributed by atoms with Crippen molar-refractivity contribution in [1.29, 1.82) is 5.26 Å². The number of Topliss-reactive ketones (excluding diaryl/α,β-unsaturated/α-hetero) is 1. The predicted octanol–water partition coefficient (Wildman–Crippen LogP) is 4.12. The molecule has 2 aromatic rings. The third-order valence-electron chi connectivity index (χ3n) is 2.80. The number of allylic oxidation sites excluding steroid dienone is 1. The number of hydrogen-bond donors (Lipinski definition) is 0. The fourth-order valence-electron chi connectivity index (χ4n) is 1.76. The van der Waals surface area contributed by atoms with Gasteiger partial charge in [-0.15, -0.1) is 0 Å².